The van der Waals surface area contributed by atoms with Crippen LogP contribution in [0.1, 0.15) is 26.2 Å². The number of esters is 1. The number of carbonyl (C=O) groups excluding carboxylic acids is 1. The average Bonchev–Trinajstić information content (AvgIpc) is 2.80. The minimum atomic E-state index is -2.90. The summed E-state index contributed by atoms with van der Waals surface area (Å²) in [4.78, 5) is 11.5. The van der Waals surface area contributed by atoms with E-state index < -0.39 is 29.2 Å². The molecule has 4 unspecified atom stereocenters. The second kappa shape index (κ2) is 4.78. The van der Waals surface area contributed by atoms with Crippen molar-refractivity contribution < 1.29 is 22.1 Å². The number of thiol groups is 1. The SMILES string of the molecule is C=C(C)C(=O)OC1C2CCC(C2)C1O[SH](=O)=O. The topological polar surface area (TPSA) is 69.7 Å². The van der Waals surface area contributed by atoms with Crippen LogP contribution in [0.4, 0.5) is 0 Å². The molecular weight excluding hydrogens is 244 g/mol. The maximum Gasteiger partial charge on any atom is 0.333 e. The zero-order chi connectivity index (χ0) is 12.6. The lowest BCUT2D eigenvalue weighted by molar-refractivity contribution is -0.152. The van der Waals surface area contributed by atoms with Gasteiger partial charge in [-0.05, 0) is 38.0 Å². The van der Waals surface area contributed by atoms with Gasteiger partial charge in [-0.1, -0.05) is 6.58 Å². The van der Waals surface area contributed by atoms with E-state index >= 15 is 0 Å². The van der Waals surface area contributed by atoms with Gasteiger partial charge in [0.2, 0.25) is 0 Å². The maximum atomic E-state index is 11.5. The molecule has 0 heterocycles. The van der Waals surface area contributed by atoms with Crippen LogP contribution < -0.4 is 0 Å². The Morgan fingerprint density at radius 2 is 1.82 bits per heavy atom. The highest BCUT2D eigenvalue weighted by molar-refractivity contribution is 7.67. The van der Waals surface area contributed by atoms with Gasteiger partial charge in [-0.2, -0.15) is 0 Å². The molecule has 0 aliphatic heterocycles. The zero-order valence-electron chi connectivity index (χ0n) is 9.63. The summed E-state index contributed by atoms with van der Waals surface area (Å²) in [5, 5.41) is 0. The zero-order valence-corrected chi connectivity index (χ0v) is 10.5. The van der Waals surface area contributed by atoms with Crippen LogP contribution in [0.15, 0.2) is 12.2 Å². The number of fused-ring (bicyclic) bond motifs is 2. The van der Waals surface area contributed by atoms with Gasteiger partial charge >= 0.3 is 5.97 Å². The Hall–Kier alpha value is -0.880. The van der Waals surface area contributed by atoms with Crippen LogP contribution in [-0.2, 0) is 24.7 Å². The molecule has 5 nitrogen and oxygen atoms in total. The van der Waals surface area contributed by atoms with Crippen molar-refractivity contribution in [3.63, 3.8) is 0 Å². The molecule has 96 valence electrons. The molecule has 0 aromatic carbocycles. The van der Waals surface area contributed by atoms with Crippen LogP contribution in [0.25, 0.3) is 0 Å². The second-order valence-electron chi connectivity index (χ2n) is 4.78. The molecule has 2 saturated carbocycles. The molecule has 0 saturated heterocycles. The molecule has 0 spiro atoms. The van der Waals surface area contributed by atoms with Crippen molar-refractivity contribution in [2.24, 2.45) is 11.8 Å². The van der Waals surface area contributed by atoms with Crippen molar-refractivity contribution in [1.29, 1.82) is 0 Å². The van der Waals surface area contributed by atoms with Gasteiger partial charge in [0, 0.05) is 5.57 Å². The first-order valence-electron chi connectivity index (χ1n) is 5.66. The summed E-state index contributed by atoms with van der Waals surface area (Å²) in [6, 6.07) is 0. The predicted molar refractivity (Wildman–Crippen MR) is 60.7 cm³/mol. The fraction of sp³-hybridized carbons (Fsp3) is 0.727. The molecule has 2 aliphatic rings. The maximum absolute atomic E-state index is 11.5. The third-order valence-corrected chi connectivity index (χ3v) is 3.98. The van der Waals surface area contributed by atoms with Crippen LogP contribution in [0.2, 0.25) is 0 Å². The first kappa shape index (κ1) is 12.6. The summed E-state index contributed by atoms with van der Waals surface area (Å²) in [7, 11) is -2.90. The molecule has 0 radical (unpaired) electrons. The molecule has 17 heavy (non-hydrogen) atoms. The highest BCUT2D eigenvalue weighted by Crippen LogP contribution is 2.47. The summed E-state index contributed by atoms with van der Waals surface area (Å²) in [5.41, 5.74) is 0.318. The fourth-order valence-corrected chi connectivity index (χ4v) is 3.31. The first-order valence-corrected chi connectivity index (χ1v) is 6.76. The van der Waals surface area contributed by atoms with E-state index in [9.17, 15) is 13.2 Å². The fourth-order valence-electron chi connectivity index (χ4n) is 2.82. The summed E-state index contributed by atoms with van der Waals surface area (Å²) in [6.07, 6.45) is 1.85. The Labute approximate surface area is 102 Å². The molecular formula is C11H16O5S. The van der Waals surface area contributed by atoms with Gasteiger partial charge in [0.15, 0.2) is 0 Å². The first-order chi connectivity index (χ1) is 7.99. The van der Waals surface area contributed by atoms with E-state index in [1.165, 1.54) is 0 Å². The molecule has 0 N–H and O–H groups in total. The molecule has 0 amide bonds. The van der Waals surface area contributed by atoms with Gasteiger partial charge in [-0.15, -0.1) is 0 Å². The van der Waals surface area contributed by atoms with Gasteiger partial charge in [-0.25, -0.2) is 13.2 Å². The minimum Gasteiger partial charge on any atom is -0.456 e. The Morgan fingerprint density at radius 1 is 1.24 bits per heavy atom. The van der Waals surface area contributed by atoms with E-state index in [4.69, 9.17) is 8.92 Å². The highest BCUT2D eigenvalue weighted by atomic mass is 32.2. The summed E-state index contributed by atoms with van der Waals surface area (Å²) >= 11 is 0. The quantitative estimate of drug-likeness (QED) is 0.460. The standard InChI is InChI=1S/C11H16O5S/c1-6(2)11(12)15-9-7-3-4-8(5-7)10(9)16-17(13)14/h7-10,17H,1,3-5H2,2H3. The number of ether oxygens (including phenoxy) is 1. The third-order valence-electron chi connectivity index (χ3n) is 3.57. The van der Waals surface area contributed by atoms with Crippen molar-refractivity contribution in [2.75, 3.05) is 0 Å². The lowest BCUT2D eigenvalue weighted by atomic mass is 9.95. The molecule has 0 aromatic heterocycles. The Morgan fingerprint density at radius 3 is 2.35 bits per heavy atom. The molecule has 2 bridgehead atoms. The minimum absolute atomic E-state index is 0.191. The predicted octanol–water partition coefficient (Wildman–Crippen LogP) is 0.816. The van der Waals surface area contributed by atoms with Crippen molar-refractivity contribution in [3.05, 3.63) is 12.2 Å². The van der Waals surface area contributed by atoms with E-state index in [0.717, 1.165) is 19.3 Å². The molecule has 2 rings (SSSR count). The smallest absolute Gasteiger partial charge is 0.333 e. The van der Waals surface area contributed by atoms with Crippen molar-refractivity contribution in [2.45, 2.75) is 38.4 Å². The summed E-state index contributed by atoms with van der Waals surface area (Å²) in [6.45, 7) is 5.08. The molecule has 4 atom stereocenters. The number of hydrogen-bond acceptors (Lipinski definition) is 5. The van der Waals surface area contributed by atoms with Crippen molar-refractivity contribution in [1.82, 2.24) is 0 Å². The molecule has 0 aromatic rings. The number of carbonyl (C=O) groups is 1. The van der Waals surface area contributed by atoms with E-state index in [1.807, 2.05) is 0 Å². The normalized spacial score (nSPS) is 35.2. The number of hydrogen-bond donors (Lipinski definition) is 1. The second-order valence-corrected chi connectivity index (χ2v) is 5.44. The molecule has 2 fully saturated rings. The van der Waals surface area contributed by atoms with Gasteiger partial charge in [0.25, 0.3) is 11.0 Å². The lowest BCUT2D eigenvalue weighted by Crippen LogP contribution is -2.38. The van der Waals surface area contributed by atoms with E-state index in [0.29, 0.717) is 5.57 Å². The van der Waals surface area contributed by atoms with Crippen molar-refractivity contribution >= 4 is 17.0 Å². The summed E-state index contributed by atoms with van der Waals surface area (Å²) < 4.78 is 31.5. The Bertz CT molecular complexity index is 406. The van der Waals surface area contributed by atoms with Crippen LogP contribution in [0.5, 0.6) is 0 Å². The summed E-state index contributed by atoms with van der Waals surface area (Å²) in [5.74, 6) is -0.0589. The van der Waals surface area contributed by atoms with Crippen LogP contribution in [-0.4, -0.2) is 26.6 Å². The van der Waals surface area contributed by atoms with Crippen LogP contribution in [0, 0.1) is 11.8 Å². The molecule has 2 aliphatic carbocycles. The van der Waals surface area contributed by atoms with E-state index in [2.05, 4.69) is 6.58 Å². The Balaban J connectivity index is 2.08. The lowest BCUT2D eigenvalue weighted by Gasteiger charge is -2.28. The van der Waals surface area contributed by atoms with Gasteiger partial charge < -0.3 is 4.74 Å². The van der Waals surface area contributed by atoms with Gasteiger partial charge in [0.1, 0.15) is 12.2 Å². The Kier molecular flexibility index (Phi) is 3.53. The van der Waals surface area contributed by atoms with E-state index in [-0.39, 0.29) is 11.8 Å². The average molecular weight is 260 g/mol. The highest BCUT2D eigenvalue weighted by Gasteiger charge is 2.51. The van der Waals surface area contributed by atoms with Crippen LogP contribution in [0.3, 0.4) is 0 Å². The van der Waals surface area contributed by atoms with Gasteiger partial charge in [0.05, 0.1) is 0 Å². The van der Waals surface area contributed by atoms with Crippen LogP contribution >= 0.6 is 0 Å². The van der Waals surface area contributed by atoms with E-state index in [1.54, 1.807) is 6.92 Å². The van der Waals surface area contributed by atoms with Crippen molar-refractivity contribution in [3.8, 4) is 0 Å². The van der Waals surface area contributed by atoms with Gasteiger partial charge in [-0.3, -0.25) is 4.18 Å². The monoisotopic (exact) mass is 260 g/mol. The third kappa shape index (κ3) is 2.52. The number of rotatable bonds is 4. The molecule has 6 heteroatoms. The largest absolute Gasteiger partial charge is 0.456 e.